The Balaban J connectivity index is 1.56. The molecule has 0 bridgehead atoms. The third-order valence-electron chi connectivity index (χ3n) is 7.94. The van der Waals surface area contributed by atoms with Crippen molar-refractivity contribution in [1.29, 1.82) is 0 Å². The van der Waals surface area contributed by atoms with Crippen LogP contribution in [-0.2, 0) is 4.79 Å². The summed E-state index contributed by atoms with van der Waals surface area (Å²) in [6.07, 6.45) is 5.30. The highest BCUT2D eigenvalue weighted by Gasteiger charge is 2.36. The van der Waals surface area contributed by atoms with Crippen molar-refractivity contribution in [3.63, 3.8) is 0 Å². The number of unbranched alkanes of at least 4 members (excludes halogenated alkanes) is 1. The molecule has 1 saturated carbocycles. The van der Waals surface area contributed by atoms with Crippen LogP contribution in [-0.4, -0.2) is 50.6 Å². The van der Waals surface area contributed by atoms with Crippen LogP contribution in [0.4, 0.5) is 11.4 Å². The first-order chi connectivity index (χ1) is 18.3. The van der Waals surface area contributed by atoms with Gasteiger partial charge in [-0.15, -0.1) is 0 Å². The molecule has 1 aliphatic heterocycles. The first-order valence-electron chi connectivity index (χ1n) is 14.2. The largest absolute Gasteiger partial charge is 0.497 e. The second-order valence-corrected chi connectivity index (χ2v) is 11.0. The maximum absolute atomic E-state index is 13.5. The number of carbonyl (C=O) groups is 2. The zero-order valence-electron chi connectivity index (χ0n) is 23.6. The van der Waals surface area contributed by atoms with Gasteiger partial charge in [0.15, 0.2) is 0 Å². The Bertz CT molecular complexity index is 1100. The Morgan fingerprint density at radius 3 is 2.39 bits per heavy atom. The molecular formula is C31H44N4O3. The highest BCUT2D eigenvalue weighted by atomic mass is 16.5. The molecule has 0 aromatic heterocycles. The van der Waals surface area contributed by atoms with Gasteiger partial charge in [-0.1, -0.05) is 45.7 Å². The predicted octanol–water partition coefficient (Wildman–Crippen LogP) is 5.31. The van der Waals surface area contributed by atoms with Gasteiger partial charge in [0.05, 0.1) is 31.1 Å². The van der Waals surface area contributed by atoms with Crippen molar-refractivity contribution in [1.82, 2.24) is 10.6 Å². The van der Waals surface area contributed by atoms with Gasteiger partial charge in [0.1, 0.15) is 5.75 Å². The Labute approximate surface area is 227 Å². The van der Waals surface area contributed by atoms with Crippen molar-refractivity contribution < 1.29 is 14.3 Å². The van der Waals surface area contributed by atoms with Gasteiger partial charge in [-0.25, -0.2) is 0 Å². The van der Waals surface area contributed by atoms with Crippen LogP contribution in [0.5, 0.6) is 5.75 Å². The van der Waals surface area contributed by atoms with Crippen LogP contribution < -0.4 is 25.2 Å². The van der Waals surface area contributed by atoms with Crippen molar-refractivity contribution in [2.45, 2.75) is 77.9 Å². The number of amides is 2. The minimum Gasteiger partial charge on any atom is -0.497 e. The summed E-state index contributed by atoms with van der Waals surface area (Å²) in [5, 5.41) is 6.64. The van der Waals surface area contributed by atoms with Crippen LogP contribution in [0.1, 0.15) is 81.8 Å². The minimum absolute atomic E-state index is 0.0470. The molecule has 38 heavy (non-hydrogen) atoms. The topological polar surface area (TPSA) is 73.9 Å². The predicted molar refractivity (Wildman–Crippen MR) is 154 cm³/mol. The lowest BCUT2D eigenvalue weighted by molar-refractivity contribution is -0.118. The monoisotopic (exact) mass is 520 g/mol. The lowest BCUT2D eigenvalue weighted by Gasteiger charge is -2.38. The number of fused-ring (bicyclic) bond motifs is 1. The summed E-state index contributed by atoms with van der Waals surface area (Å²) in [5.74, 6) is 1.17. The van der Waals surface area contributed by atoms with Crippen LogP contribution >= 0.6 is 0 Å². The Kier molecular flexibility index (Phi) is 9.31. The molecule has 0 radical (unpaired) electrons. The molecule has 0 unspecified atom stereocenters. The SMILES string of the molecule is CCCC[C@H](NC(=O)c1ccc2c(c1)N(C(=O)CN[C@@H](C)C(C)C)CCN2C1CC1)c1ccc(OC)cc1. The molecular weight excluding hydrogens is 476 g/mol. The normalized spacial score (nSPS) is 16.7. The molecule has 4 rings (SSSR count). The minimum atomic E-state index is -0.118. The van der Waals surface area contributed by atoms with Crippen LogP contribution in [0.15, 0.2) is 42.5 Å². The zero-order valence-corrected chi connectivity index (χ0v) is 23.6. The van der Waals surface area contributed by atoms with Crippen molar-refractivity contribution in [2.75, 3.05) is 36.5 Å². The molecule has 2 aromatic carbocycles. The number of carbonyl (C=O) groups excluding carboxylic acids is 2. The summed E-state index contributed by atoms with van der Waals surface area (Å²) in [7, 11) is 1.65. The highest BCUT2D eigenvalue weighted by Crippen LogP contribution is 2.40. The first-order valence-corrected chi connectivity index (χ1v) is 14.2. The van der Waals surface area contributed by atoms with Crippen LogP contribution in [0.25, 0.3) is 0 Å². The Morgan fingerprint density at radius 1 is 1.03 bits per heavy atom. The number of rotatable bonds is 12. The molecule has 1 aliphatic carbocycles. The molecule has 2 N–H and O–H groups in total. The number of benzene rings is 2. The smallest absolute Gasteiger partial charge is 0.251 e. The zero-order chi connectivity index (χ0) is 27.2. The lowest BCUT2D eigenvalue weighted by atomic mass is 10.00. The second-order valence-electron chi connectivity index (χ2n) is 11.0. The number of ether oxygens (including phenoxy) is 1. The standard InChI is InChI=1S/C31H44N4O3/c1-6-7-8-27(23-9-14-26(38-5)15-10-23)33-31(37)24-11-16-28-29(19-24)35(18-17-34(28)25-12-13-25)30(36)20-32-22(4)21(2)3/h9-11,14-16,19,21-22,25,27,32H,6-8,12-13,17-18,20H2,1-5H3,(H,33,37)/t22-,27-/m0/s1. The first kappa shape index (κ1) is 28.0. The third-order valence-corrected chi connectivity index (χ3v) is 7.94. The van der Waals surface area contributed by atoms with E-state index in [1.165, 1.54) is 12.8 Å². The number of hydrogen-bond donors (Lipinski definition) is 2. The lowest BCUT2D eigenvalue weighted by Crippen LogP contribution is -2.49. The van der Waals surface area contributed by atoms with Gasteiger partial charge in [0.2, 0.25) is 5.91 Å². The van der Waals surface area contributed by atoms with Crippen molar-refractivity contribution in [3.05, 3.63) is 53.6 Å². The molecule has 2 atom stereocenters. The summed E-state index contributed by atoms with van der Waals surface area (Å²) >= 11 is 0. The number of hydrogen-bond acceptors (Lipinski definition) is 5. The molecule has 0 spiro atoms. The van der Waals surface area contributed by atoms with Gasteiger partial charge in [0, 0.05) is 30.7 Å². The number of methoxy groups -OCH3 is 1. The molecule has 206 valence electrons. The third kappa shape index (κ3) is 6.68. The van der Waals surface area contributed by atoms with E-state index in [0.29, 0.717) is 24.1 Å². The Hall–Kier alpha value is -3.06. The summed E-state index contributed by atoms with van der Waals surface area (Å²) in [6, 6.07) is 14.5. The molecule has 1 heterocycles. The quantitative estimate of drug-likeness (QED) is 0.397. The van der Waals surface area contributed by atoms with E-state index in [-0.39, 0.29) is 30.4 Å². The summed E-state index contributed by atoms with van der Waals surface area (Å²) in [4.78, 5) is 31.1. The van der Waals surface area contributed by atoms with Gasteiger partial charge in [-0.3, -0.25) is 9.59 Å². The summed E-state index contributed by atoms with van der Waals surface area (Å²) < 4.78 is 5.31. The van der Waals surface area contributed by atoms with E-state index in [1.54, 1.807) is 7.11 Å². The van der Waals surface area contributed by atoms with Crippen molar-refractivity contribution >= 4 is 23.2 Å². The van der Waals surface area contributed by atoms with E-state index in [9.17, 15) is 9.59 Å². The molecule has 7 nitrogen and oxygen atoms in total. The van der Waals surface area contributed by atoms with E-state index in [2.05, 4.69) is 43.2 Å². The van der Waals surface area contributed by atoms with E-state index in [0.717, 1.165) is 48.5 Å². The Morgan fingerprint density at radius 2 is 1.76 bits per heavy atom. The van der Waals surface area contributed by atoms with Gasteiger partial charge in [-0.2, -0.15) is 0 Å². The molecule has 2 aliphatic rings. The van der Waals surface area contributed by atoms with Crippen LogP contribution in [0.3, 0.4) is 0 Å². The number of nitrogens with zero attached hydrogens (tertiary/aromatic N) is 2. The maximum Gasteiger partial charge on any atom is 0.251 e. The average Bonchev–Trinajstić information content (AvgIpc) is 3.78. The number of anilines is 2. The summed E-state index contributed by atoms with van der Waals surface area (Å²) in [5.41, 5.74) is 3.54. The second kappa shape index (κ2) is 12.7. The van der Waals surface area contributed by atoms with Gasteiger partial charge in [-0.05, 0) is 68.0 Å². The fourth-order valence-electron chi connectivity index (χ4n) is 4.98. The molecule has 2 aromatic rings. The van der Waals surface area contributed by atoms with Crippen molar-refractivity contribution in [2.24, 2.45) is 5.92 Å². The van der Waals surface area contributed by atoms with Crippen LogP contribution in [0.2, 0.25) is 0 Å². The molecule has 7 heteroatoms. The fourth-order valence-corrected chi connectivity index (χ4v) is 4.98. The summed E-state index contributed by atoms with van der Waals surface area (Å²) in [6.45, 7) is 10.3. The number of nitrogens with one attached hydrogen (secondary N) is 2. The highest BCUT2D eigenvalue weighted by molar-refractivity contribution is 6.02. The average molecular weight is 521 g/mol. The van der Waals surface area contributed by atoms with E-state index >= 15 is 0 Å². The maximum atomic E-state index is 13.5. The van der Waals surface area contributed by atoms with E-state index < -0.39 is 0 Å². The van der Waals surface area contributed by atoms with Gasteiger partial charge >= 0.3 is 0 Å². The van der Waals surface area contributed by atoms with E-state index in [1.807, 2.05) is 47.4 Å². The molecule has 0 saturated heterocycles. The molecule has 2 amide bonds. The van der Waals surface area contributed by atoms with Gasteiger partial charge in [0.25, 0.3) is 5.91 Å². The fraction of sp³-hybridized carbons (Fsp3) is 0.548. The van der Waals surface area contributed by atoms with Crippen LogP contribution in [0, 0.1) is 5.92 Å². The molecule has 1 fully saturated rings. The van der Waals surface area contributed by atoms with E-state index in [4.69, 9.17) is 4.74 Å². The van der Waals surface area contributed by atoms with Crippen molar-refractivity contribution in [3.8, 4) is 5.75 Å². The van der Waals surface area contributed by atoms with Gasteiger partial charge < -0.3 is 25.2 Å².